The summed E-state index contributed by atoms with van der Waals surface area (Å²) in [5.74, 6) is -0.431. The van der Waals surface area contributed by atoms with E-state index in [0.717, 1.165) is 5.56 Å². The number of halogens is 3. The van der Waals surface area contributed by atoms with Crippen molar-refractivity contribution in [3.8, 4) is 5.75 Å². The molecule has 1 heterocycles. The van der Waals surface area contributed by atoms with Crippen molar-refractivity contribution in [1.29, 1.82) is 0 Å². The molecule has 1 unspecified atom stereocenters. The lowest BCUT2D eigenvalue weighted by atomic mass is 10.1. The van der Waals surface area contributed by atoms with Gasteiger partial charge in [0.25, 0.3) is 0 Å². The first-order valence-electron chi connectivity index (χ1n) is 9.14. The van der Waals surface area contributed by atoms with E-state index in [1.54, 1.807) is 24.3 Å². The van der Waals surface area contributed by atoms with Gasteiger partial charge in [-0.15, -0.1) is 0 Å². The Morgan fingerprint density at radius 3 is 2.67 bits per heavy atom. The third-order valence-electron chi connectivity index (χ3n) is 4.51. The number of alkyl halides is 2. The number of carbonyl (C=O) groups is 1. The Hall–Kier alpha value is -3.33. The summed E-state index contributed by atoms with van der Waals surface area (Å²) >= 11 is 0. The number of hydrogen-bond donors (Lipinski definition) is 2. The van der Waals surface area contributed by atoms with Crippen LogP contribution in [0.4, 0.5) is 23.7 Å². The topological polar surface area (TPSA) is 66.5 Å². The molecule has 2 aromatic carbocycles. The zero-order valence-corrected chi connectivity index (χ0v) is 16.4. The van der Waals surface area contributed by atoms with Gasteiger partial charge in [-0.25, -0.2) is 9.18 Å². The number of anilines is 1. The van der Waals surface area contributed by atoms with Crippen LogP contribution in [-0.2, 0) is 0 Å². The van der Waals surface area contributed by atoms with Crippen LogP contribution in [0, 0.1) is 5.82 Å². The van der Waals surface area contributed by atoms with Gasteiger partial charge in [-0.05, 0) is 56.1 Å². The molecule has 3 aromatic rings. The minimum absolute atomic E-state index is 0.0784. The van der Waals surface area contributed by atoms with E-state index in [9.17, 15) is 18.0 Å². The van der Waals surface area contributed by atoms with E-state index >= 15 is 0 Å². The largest absolute Gasteiger partial charge is 0.432 e. The molecule has 0 spiro atoms. The number of carbonyl (C=O) groups excluding carboxylic acids is 1. The standard InChI is InChI=1S/C21H21F3N4O2/c1-28(2)17(13-5-3-6-14(22)11-13)12-26-21(29)27-16-8-9-18(30-20(23)24)19-15(16)7-4-10-25-19/h3-11,17,20H,12H2,1-2H3,(H2,26,27,29). The molecule has 6 nitrogen and oxygen atoms in total. The zero-order valence-electron chi connectivity index (χ0n) is 16.4. The van der Waals surface area contributed by atoms with Crippen LogP contribution in [0.25, 0.3) is 10.9 Å². The number of likely N-dealkylation sites (N-methyl/N-ethyl adjacent to an activating group) is 1. The highest BCUT2D eigenvalue weighted by molar-refractivity contribution is 6.02. The maximum Gasteiger partial charge on any atom is 0.387 e. The predicted octanol–water partition coefficient (Wildman–Crippen LogP) is 4.40. The average molecular weight is 418 g/mol. The van der Waals surface area contributed by atoms with Crippen molar-refractivity contribution < 1.29 is 22.7 Å². The van der Waals surface area contributed by atoms with Crippen molar-refractivity contribution >= 4 is 22.6 Å². The van der Waals surface area contributed by atoms with Gasteiger partial charge in [0, 0.05) is 18.1 Å². The molecule has 0 radical (unpaired) electrons. The molecular weight excluding hydrogens is 397 g/mol. The van der Waals surface area contributed by atoms with Crippen LogP contribution < -0.4 is 15.4 Å². The molecular formula is C21H21F3N4O2. The number of hydrogen-bond acceptors (Lipinski definition) is 4. The van der Waals surface area contributed by atoms with Crippen LogP contribution in [0.15, 0.2) is 54.7 Å². The number of benzene rings is 2. The van der Waals surface area contributed by atoms with Gasteiger partial charge < -0.3 is 20.3 Å². The van der Waals surface area contributed by atoms with E-state index < -0.39 is 12.6 Å². The number of ether oxygens (including phenoxy) is 1. The Balaban J connectivity index is 1.74. The van der Waals surface area contributed by atoms with Gasteiger partial charge in [0.15, 0.2) is 5.75 Å². The third kappa shape index (κ3) is 5.18. The van der Waals surface area contributed by atoms with Crippen LogP contribution in [-0.4, -0.2) is 43.2 Å². The number of rotatable bonds is 7. The van der Waals surface area contributed by atoms with Gasteiger partial charge in [0.1, 0.15) is 11.3 Å². The molecule has 2 N–H and O–H groups in total. The highest BCUT2D eigenvalue weighted by Crippen LogP contribution is 2.31. The SMILES string of the molecule is CN(C)C(CNC(=O)Nc1ccc(OC(F)F)c2ncccc12)c1cccc(F)c1. The minimum atomic E-state index is -2.98. The van der Waals surface area contributed by atoms with Crippen LogP contribution >= 0.6 is 0 Å². The summed E-state index contributed by atoms with van der Waals surface area (Å²) in [6, 6.07) is 11.5. The van der Waals surface area contributed by atoms with E-state index in [1.807, 2.05) is 19.0 Å². The first-order chi connectivity index (χ1) is 14.3. The summed E-state index contributed by atoms with van der Waals surface area (Å²) in [4.78, 5) is 18.4. The Morgan fingerprint density at radius 2 is 1.97 bits per heavy atom. The summed E-state index contributed by atoms with van der Waals surface area (Å²) < 4.78 is 43.3. The molecule has 1 aromatic heterocycles. The van der Waals surface area contributed by atoms with Gasteiger partial charge in [-0.3, -0.25) is 4.98 Å². The molecule has 158 valence electrons. The molecule has 30 heavy (non-hydrogen) atoms. The second kappa shape index (κ2) is 9.45. The monoisotopic (exact) mass is 418 g/mol. The molecule has 3 rings (SSSR count). The lowest BCUT2D eigenvalue weighted by Gasteiger charge is -2.25. The molecule has 0 saturated carbocycles. The van der Waals surface area contributed by atoms with Gasteiger partial charge in [0.2, 0.25) is 0 Å². The molecule has 9 heteroatoms. The van der Waals surface area contributed by atoms with Gasteiger partial charge in [-0.1, -0.05) is 12.1 Å². The van der Waals surface area contributed by atoms with Gasteiger partial charge >= 0.3 is 12.6 Å². The van der Waals surface area contributed by atoms with Crippen LogP contribution in [0.3, 0.4) is 0 Å². The van der Waals surface area contributed by atoms with E-state index in [4.69, 9.17) is 0 Å². The van der Waals surface area contributed by atoms with E-state index in [0.29, 0.717) is 11.1 Å². The number of urea groups is 1. The van der Waals surface area contributed by atoms with Crippen molar-refractivity contribution in [2.45, 2.75) is 12.7 Å². The molecule has 2 amide bonds. The number of fused-ring (bicyclic) bond motifs is 1. The smallest absolute Gasteiger partial charge is 0.387 e. The van der Waals surface area contributed by atoms with Crippen molar-refractivity contribution in [3.63, 3.8) is 0 Å². The Labute approximate surface area is 171 Å². The number of nitrogens with one attached hydrogen (secondary N) is 2. The van der Waals surface area contributed by atoms with Crippen molar-refractivity contribution in [1.82, 2.24) is 15.2 Å². The summed E-state index contributed by atoms with van der Waals surface area (Å²) in [5.41, 5.74) is 1.33. The van der Waals surface area contributed by atoms with Crippen LogP contribution in [0.5, 0.6) is 5.75 Å². The van der Waals surface area contributed by atoms with E-state index in [2.05, 4.69) is 20.4 Å². The maximum atomic E-state index is 13.6. The van der Waals surface area contributed by atoms with Crippen LogP contribution in [0.2, 0.25) is 0 Å². The number of amides is 2. The fraction of sp³-hybridized carbons (Fsp3) is 0.238. The summed E-state index contributed by atoms with van der Waals surface area (Å²) in [6.45, 7) is -2.76. The lowest BCUT2D eigenvalue weighted by Crippen LogP contribution is -2.37. The summed E-state index contributed by atoms with van der Waals surface area (Å²) in [7, 11) is 3.66. The minimum Gasteiger partial charge on any atom is -0.432 e. The molecule has 0 aliphatic heterocycles. The second-order valence-corrected chi connectivity index (χ2v) is 6.76. The predicted molar refractivity (Wildman–Crippen MR) is 108 cm³/mol. The quantitative estimate of drug-likeness (QED) is 0.597. The molecule has 0 bridgehead atoms. The first kappa shape index (κ1) is 21.4. The third-order valence-corrected chi connectivity index (χ3v) is 4.51. The Kier molecular flexibility index (Phi) is 6.73. The van der Waals surface area contributed by atoms with Gasteiger partial charge in [-0.2, -0.15) is 8.78 Å². The molecule has 0 fully saturated rings. The number of aromatic nitrogens is 1. The highest BCUT2D eigenvalue weighted by atomic mass is 19.3. The zero-order chi connectivity index (χ0) is 21.7. The lowest BCUT2D eigenvalue weighted by molar-refractivity contribution is -0.0489. The van der Waals surface area contributed by atoms with Crippen molar-refractivity contribution in [3.05, 3.63) is 66.1 Å². The second-order valence-electron chi connectivity index (χ2n) is 6.76. The van der Waals surface area contributed by atoms with Gasteiger partial charge in [0.05, 0.1) is 11.7 Å². The Bertz CT molecular complexity index is 1030. The maximum absolute atomic E-state index is 13.6. The number of pyridine rings is 1. The van der Waals surface area contributed by atoms with Crippen LogP contribution in [0.1, 0.15) is 11.6 Å². The fourth-order valence-electron chi connectivity index (χ4n) is 3.12. The van der Waals surface area contributed by atoms with Crippen molar-refractivity contribution in [2.24, 2.45) is 0 Å². The molecule has 1 atom stereocenters. The summed E-state index contributed by atoms with van der Waals surface area (Å²) in [5, 5.41) is 5.91. The van der Waals surface area contributed by atoms with Crippen molar-refractivity contribution in [2.75, 3.05) is 26.0 Å². The average Bonchev–Trinajstić information content (AvgIpc) is 2.69. The summed E-state index contributed by atoms with van der Waals surface area (Å²) in [6.07, 6.45) is 1.45. The number of nitrogens with zero attached hydrogens (tertiary/aromatic N) is 2. The molecule has 0 aliphatic carbocycles. The Morgan fingerprint density at radius 1 is 1.17 bits per heavy atom. The highest BCUT2D eigenvalue weighted by Gasteiger charge is 2.17. The van der Waals surface area contributed by atoms with E-state index in [-0.39, 0.29) is 29.7 Å². The molecule has 0 saturated heterocycles. The first-order valence-corrected chi connectivity index (χ1v) is 9.14. The van der Waals surface area contributed by atoms with E-state index in [1.165, 1.54) is 30.5 Å². The molecule has 0 aliphatic rings. The normalized spacial score (nSPS) is 12.2. The fourth-order valence-corrected chi connectivity index (χ4v) is 3.12.